The Morgan fingerprint density at radius 2 is 2.15 bits per heavy atom. The maximum Gasteiger partial charge on any atom is 0.326 e. The van der Waals surface area contributed by atoms with Gasteiger partial charge in [0.1, 0.15) is 11.8 Å². The van der Waals surface area contributed by atoms with Crippen molar-refractivity contribution < 1.29 is 19.2 Å². The summed E-state index contributed by atoms with van der Waals surface area (Å²) in [5.41, 5.74) is 1.09. The van der Waals surface area contributed by atoms with Crippen molar-refractivity contribution in [2.75, 3.05) is 0 Å². The van der Waals surface area contributed by atoms with Gasteiger partial charge < -0.3 is 14.9 Å². The Balaban J connectivity index is 2.06. The molecule has 0 saturated heterocycles. The lowest BCUT2D eigenvalue weighted by Gasteiger charge is -2.14. The summed E-state index contributed by atoms with van der Waals surface area (Å²) in [7, 11) is 0. The highest BCUT2D eigenvalue weighted by Gasteiger charge is 2.27. The van der Waals surface area contributed by atoms with Gasteiger partial charge in [0, 0.05) is 12.0 Å². The summed E-state index contributed by atoms with van der Waals surface area (Å²) >= 11 is 0. The predicted octanol–water partition coefficient (Wildman–Crippen LogP) is 1.93. The number of nitrogens with one attached hydrogen (secondary N) is 1. The van der Waals surface area contributed by atoms with Crippen molar-refractivity contribution >= 4 is 11.9 Å². The smallest absolute Gasteiger partial charge is 0.326 e. The number of hydrogen-bond acceptors (Lipinski definition) is 4. The average molecular weight is 280 g/mol. The second-order valence-corrected chi connectivity index (χ2v) is 5.15. The van der Waals surface area contributed by atoms with Crippen LogP contribution >= 0.6 is 0 Å². The van der Waals surface area contributed by atoms with E-state index in [1.54, 1.807) is 0 Å². The molecular formula is C14H20N2O4. The highest BCUT2D eigenvalue weighted by Crippen LogP contribution is 2.24. The molecule has 2 rings (SSSR count). The fourth-order valence-electron chi connectivity index (χ4n) is 2.46. The summed E-state index contributed by atoms with van der Waals surface area (Å²) in [6, 6.07) is -0.863. The second-order valence-electron chi connectivity index (χ2n) is 5.15. The molecule has 6 heteroatoms. The third-order valence-electron chi connectivity index (χ3n) is 3.62. The van der Waals surface area contributed by atoms with Crippen LogP contribution in [0.25, 0.3) is 0 Å². The van der Waals surface area contributed by atoms with Crippen molar-refractivity contribution in [3.8, 4) is 0 Å². The predicted molar refractivity (Wildman–Crippen MR) is 71.6 cm³/mol. The number of carboxylic acid groups (broad SMARTS) is 1. The molecule has 1 aromatic rings. The Morgan fingerprint density at radius 3 is 2.85 bits per heavy atom. The SMILES string of the molecule is CCCC[C@H](NC(=O)c1noc2c1CCCC2)C(=O)O. The van der Waals surface area contributed by atoms with Crippen LogP contribution in [0.4, 0.5) is 0 Å². The van der Waals surface area contributed by atoms with E-state index in [1.165, 1.54) is 0 Å². The summed E-state index contributed by atoms with van der Waals surface area (Å²) in [6.07, 6.45) is 5.69. The zero-order valence-corrected chi connectivity index (χ0v) is 11.6. The summed E-state index contributed by atoms with van der Waals surface area (Å²) in [6.45, 7) is 1.98. The third kappa shape index (κ3) is 3.18. The van der Waals surface area contributed by atoms with E-state index in [2.05, 4.69) is 10.5 Å². The van der Waals surface area contributed by atoms with Crippen LogP contribution in [0.3, 0.4) is 0 Å². The van der Waals surface area contributed by atoms with Gasteiger partial charge in [0.25, 0.3) is 5.91 Å². The molecule has 0 saturated carbocycles. The summed E-state index contributed by atoms with van der Waals surface area (Å²) in [5.74, 6) is -0.689. The van der Waals surface area contributed by atoms with Crippen LogP contribution in [0.15, 0.2) is 4.52 Å². The molecule has 1 aliphatic rings. The van der Waals surface area contributed by atoms with E-state index in [-0.39, 0.29) is 5.69 Å². The molecule has 1 aromatic heterocycles. The highest BCUT2D eigenvalue weighted by molar-refractivity contribution is 5.96. The van der Waals surface area contributed by atoms with E-state index in [0.717, 1.165) is 49.8 Å². The molecule has 0 spiro atoms. The number of amides is 1. The minimum absolute atomic E-state index is 0.252. The quantitative estimate of drug-likeness (QED) is 0.830. The van der Waals surface area contributed by atoms with Crippen molar-refractivity contribution in [3.05, 3.63) is 17.0 Å². The van der Waals surface area contributed by atoms with Crippen molar-refractivity contribution in [2.45, 2.75) is 57.9 Å². The van der Waals surface area contributed by atoms with Gasteiger partial charge in [-0.05, 0) is 25.7 Å². The van der Waals surface area contributed by atoms with Crippen molar-refractivity contribution in [3.63, 3.8) is 0 Å². The molecule has 1 amide bonds. The number of aliphatic carboxylic acids is 1. The molecule has 1 atom stereocenters. The van der Waals surface area contributed by atoms with Gasteiger partial charge in [-0.1, -0.05) is 24.9 Å². The Morgan fingerprint density at radius 1 is 1.40 bits per heavy atom. The van der Waals surface area contributed by atoms with Crippen LogP contribution in [-0.2, 0) is 17.6 Å². The number of aromatic nitrogens is 1. The lowest BCUT2D eigenvalue weighted by atomic mass is 9.96. The Bertz CT molecular complexity index is 495. The number of rotatable bonds is 6. The highest BCUT2D eigenvalue weighted by atomic mass is 16.5. The van der Waals surface area contributed by atoms with E-state index in [9.17, 15) is 9.59 Å². The molecule has 20 heavy (non-hydrogen) atoms. The Kier molecular flexibility index (Phi) is 4.76. The Labute approximate surface area is 117 Å². The van der Waals surface area contributed by atoms with Gasteiger partial charge in [-0.25, -0.2) is 4.79 Å². The number of unbranched alkanes of at least 4 members (excludes halogenated alkanes) is 1. The summed E-state index contributed by atoms with van der Waals surface area (Å²) < 4.78 is 5.17. The number of fused-ring (bicyclic) bond motifs is 1. The van der Waals surface area contributed by atoms with E-state index >= 15 is 0 Å². The molecule has 110 valence electrons. The van der Waals surface area contributed by atoms with Gasteiger partial charge in [-0.2, -0.15) is 0 Å². The van der Waals surface area contributed by atoms with E-state index in [0.29, 0.717) is 6.42 Å². The van der Waals surface area contributed by atoms with Crippen LogP contribution in [0.1, 0.15) is 60.8 Å². The van der Waals surface area contributed by atoms with E-state index in [4.69, 9.17) is 9.63 Å². The first kappa shape index (κ1) is 14.6. The maximum atomic E-state index is 12.2. The van der Waals surface area contributed by atoms with E-state index in [1.807, 2.05) is 6.92 Å². The first-order valence-corrected chi connectivity index (χ1v) is 7.14. The lowest BCUT2D eigenvalue weighted by Crippen LogP contribution is -2.41. The fraction of sp³-hybridized carbons (Fsp3) is 0.643. The molecule has 0 bridgehead atoms. The molecule has 0 unspecified atom stereocenters. The van der Waals surface area contributed by atoms with Gasteiger partial charge in [0.2, 0.25) is 0 Å². The Hall–Kier alpha value is -1.85. The van der Waals surface area contributed by atoms with Crippen LogP contribution in [0.5, 0.6) is 0 Å². The molecule has 1 heterocycles. The van der Waals surface area contributed by atoms with Crippen molar-refractivity contribution in [2.24, 2.45) is 0 Å². The minimum atomic E-state index is -1.01. The minimum Gasteiger partial charge on any atom is -0.480 e. The number of aryl methyl sites for hydroxylation is 1. The van der Waals surface area contributed by atoms with Crippen molar-refractivity contribution in [1.29, 1.82) is 0 Å². The van der Waals surface area contributed by atoms with Crippen LogP contribution in [0, 0.1) is 0 Å². The third-order valence-corrected chi connectivity index (χ3v) is 3.62. The fourth-order valence-corrected chi connectivity index (χ4v) is 2.46. The molecule has 6 nitrogen and oxygen atoms in total. The molecular weight excluding hydrogens is 260 g/mol. The number of hydrogen-bond donors (Lipinski definition) is 2. The van der Waals surface area contributed by atoms with Crippen LogP contribution in [0.2, 0.25) is 0 Å². The largest absolute Gasteiger partial charge is 0.480 e. The molecule has 2 N–H and O–H groups in total. The van der Waals surface area contributed by atoms with Gasteiger partial charge >= 0.3 is 5.97 Å². The lowest BCUT2D eigenvalue weighted by molar-refractivity contribution is -0.139. The topological polar surface area (TPSA) is 92.4 Å². The molecule has 0 aliphatic heterocycles. The van der Waals surface area contributed by atoms with Gasteiger partial charge in [-0.15, -0.1) is 0 Å². The summed E-state index contributed by atoms with van der Waals surface area (Å²) in [4.78, 5) is 23.3. The van der Waals surface area contributed by atoms with Crippen LogP contribution < -0.4 is 5.32 Å². The number of carboxylic acids is 1. The molecule has 0 aromatic carbocycles. The normalized spacial score (nSPS) is 15.4. The average Bonchev–Trinajstić information content (AvgIpc) is 2.87. The van der Waals surface area contributed by atoms with Crippen molar-refractivity contribution in [1.82, 2.24) is 10.5 Å². The molecule has 0 fully saturated rings. The number of nitrogens with zero attached hydrogens (tertiary/aromatic N) is 1. The van der Waals surface area contributed by atoms with Gasteiger partial charge in [0.15, 0.2) is 5.69 Å². The van der Waals surface area contributed by atoms with Gasteiger partial charge in [0.05, 0.1) is 0 Å². The molecule has 0 radical (unpaired) electrons. The zero-order chi connectivity index (χ0) is 14.5. The maximum absolute atomic E-state index is 12.2. The second kappa shape index (κ2) is 6.54. The number of carbonyl (C=O) groups excluding carboxylic acids is 1. The zero-order valence-electron chi connectivity index (χ0n) is 11.6. The molecule has 1 aliphatic carbocycles. The first-order chi connectivity index (χ1) is 9.63. The van der Waals surface area contributed by atoms with Gasteiger partial charge in [-0.3, -0.25) is 4.79 Å². The van der Waals surface area contributed by atoms with Crippen LogP contribution in [-0.4, -0.2) is 28.2 Å². The number of carbonyl (C=O) groups is 2. The monoisotopic (exact) mass is 280 g/mol. The van der Waals surface area contributed by atoms with E-state index < -0.39 is 17.9 Å². The first-order valence-electron chi connectivity index (χ1n) is 7.14. The standard InChI is InChI=1S/C14H20N2O4/c1-2-3-7-10(14(18)19)15-13(17)12-9-6-4-5-8-11(9)20-16-12/h10H,2-8H2,1H3,(H,15,17)(H,18,19)/t10-/m0/s1. The summed E-state index contributed by atoms with van der Waals surface area (Å²) in [5, 5.41) is 15.5.